The average Bonchev–Trinajstić information content (AvgIpc) is 3.28. The molecule has 0 spiro atoms. The molecule has 1 unspecified atom stereocenters. The summed E-state index contributed by atoms with van der Waals surface area (Å²) in [6.45, 7) is 5.05. The Bertz CT molecular complexity index is 1250. The Hall–Kier alpha value is -3.66. The molecule has 0 aliphatic carbocycles. The molecule has 2 N–H and O–H groups in total. The second-order valence-electron chi connectivity index (χ2n) is 7.93. The standard InChI is InChI=1S/C23H26FN5O6/c1-14-12-29(20-10-18(26-2)19(13-30)35-20)23(33)28(22(14)32)6-8-34-7-5-27-21(31)15-3-4-17(24)16(9-15)11-25/h3-4,9,12,18-20,30H,2,5-8,10,13H2,1H3,(H,27,31)/t18?,19-,20-/m1/s1. The predicted octanol–water partition coefficient (Wildman–Crippen LogP) is 0.125. The number of aliphatic imine (C=N–C) groups is 1. The second kappa shape index (κ2) is 11.7. The summed E-state index contributed by atoms with van der Waals surface area (Å²) in [6.07, 6.45) is 0.497. The summed E-state index contributed by atoms with van der Waals surface area (Å²) in [5.41, 5.74) is -0.779. The van der Waals surface area contributed by atoms with Crippen LogP contribution < -0.4 is 16.6 Å². The van der Waals surface area contributed by atoms with Crippen LogP contribution in [-0.4, -0.2) is 65.4 Å². The molecular weight excluding hydrogens is 461 g/mol. The van der Waals surface area contributed by atoms with Gasteiger partial charge in [-0.15, -0.1) is 0 Å². The number of amides is 1. The summed E-state index contributed by atoms with van der Waals surface area (Å²) in [5, 5.41) is 20.9. The van der Waals surface area contributed by atoms with Crippen molar-refractivity contribution >= 4 is 12.6 Å². The van der Waals surface area contributed by atoms with Crippen LogP contribution in [0.3, 0.4) is 0 Å². The minimum absolute atomic E-state index is 0.0178. The molecule has 0 radical (unpaired) electrons. The van der Waals surface area contributed by atoms with E-state index in [0.717, 1.165) is 16.7 Å². The van der Waals surface area contributed by atoms with Crippen LogP contribution in [-0.2, 0) is 16.0 Å². The molecule has 1 aliphatic rings. The fourth-order valence-corrected chi connectivity index (χ4v) is 3.75. The minimum Gasteiger partial charge on any atom is -0.394 e. The van der Waals surface area contributed by atoms with Gasteiger partial charge in [0.05, 0.1) is 38.0 Å². The third-order valence-electron chi connectivity index (χ3n) is 5.64. The van der Waals surface area contributed by atoms with Crippen LogP contribution in [0.25, 0.3) is 0 Å². The first kappa shape index (κ1) is 26.0. The molecule has 3 rings (SSSR count). The molecule has 0 bridgehead atoms. The van der Waals surface area contributed by atoms with E-state index < -0.39 is 35.3 Å². The van der Waals surface area contributed by atoms with Crippen LogP contribution in [0.1, 0.15) is 34.1 Å². The van der Waals surface area contributed by atoms with Gasteiger partial charge in [-0.1, -0.05) is 0 Å². The van der Waals surface area contributed by atoms with Gasteiger partial charge in [0.2, 0.25) is 0 Å². The van der Waals surface area contributed by atoms with Gasteiger partial charge < -0.3 is 19.9 Å². The molecular formula is C23H26FN5O6. The highest BCUT2D eigenvalue weighted by molar-refractivity contribution is 5.94. The van der Waals surface area contributed by atoms with Crippen LogP contribution in [0.2, 0.25) is 0 Å². The van der Waals surface area contributed by atoms with E-state index in [-0.39, 0.29) is 50.1 Å². The number of hydrogen-bond acceptors (Lipinski definition) is 8. The van der Waals surface area contributed by atoms with E-state index in [9.17, 15) is 23.9 Å². The number of nitriles is 1. The molecule has 1 amide bonds. The van der Waals surface area contributed by atoms with Gasteiger partial charge in [-0.25, -0.2) is 9.18 Å². The van der Waals surface area contributed by atoms with Crippen LogP contribution >= 0.6 is 0 Å². The van der Waals surface area contributed by atoms with Crippen molar-refractivity contribution in [2.24, 2.45) is 4.99 Å². The highest BCUT2D eigenvalue weighted by Crippen LogP contribution is 2.29. The SMILES string of the molecule is C=NC1C[C@H](n2cc(C)c(=O)n(CCOCCNC(=O)c3ccc(F)c(C#N)c3)c2=O)O[C@@H]1CO. The molecule has 12 heteroatoms. The van der Waals surface area contributed by atoms with E-state index in [1.165, 1.54) is 16.8 Å². The monoisotopic (exact) mass is 487 g/mol. The summed E-state index contributed by atoms with van der Waals surface area (Å²) >= 11 is 0. The van der Waals surface area contributed by atoms with Gasteiger partial charge >= 0.3 is 5.69 Å². The Balaban J connectivity index is 1.55. The van der Waals surface area contributed by atoms with Crippen LogP contribution in [0, 0.1) is 24.1 Å². The van der Waals surface area contributed by atoms with Crippen LogP contribution in [0.4, 0.5) is 4.39 Å². The minimum atomic E-state index is -0.706. The predicted molar refractivity (Wildman–Crippen MR) is 123 cm³/mol. The fourth-order valence-electron chi connectivity index (χ4n) is 3.75. The number of benzene rings is 1. The van der Waals surface area contributed by atoms with Gasteiger partial charge in [0.1, 0.15) is 24.2 Å². The summed E-state index contributed by atoms with van der Waals surface area (Å²) in [4.78, 5) is 41.5. The highest BCUT2D eigenvalue weighted by Gasteiger charge is 2.36. The smallest absolute Gasteiger partial charge is 0.333 e. The zero-order valence-corrected chi connectivity index (χ0v) is 19.1. The maximum atomic E-state index is 13.4. The molecule has 3 atom stereocenters. The lowest BCUT2D eigenvalue weighted by atomic mass is 10.1. The van der Waals surface area contributed by atoms with Crippen LogP contribution in [0.15, 0.2) is 39.0 Å². The average molecular weight is 487 g/mol. The van der Waals surface area contributed by atoms with E-state index in [2.05, 4.69) is 17.0 Å². The number of rotatable bonds is 10. The molecule has 186 valence electrons. The van der Waals surface area contributed by atoms with E-state index in [1.807, 2.05) is 0 Å². The molecule has 1 aromatic carbocycles. The van der Waals surface area contributed by atoms with Crippen molar-refractivity contribution < 1.29 is 23.8 Å². The second-order valence-corrected chi connectivity index (χ2v) is 7.93. The molecule has 1 fully saturated rings. The van der Waals surface area contributed by atoms with E-state index in [0.29, 0.717) is 12.0 Å². The van der Waals surface area contributed by atoms with Crippen LogP contribution in [0.5, 0.6) is 0 Å². The Labute approximate surface area is 200 Å². The van der Waals surface area contributed by atoms with Gasteiger partial charge in [-0.3, -0.25) is 23.7 Å². The van der Waals surface area contributed by atoms with Crippen molar-refractivity contribution in [3.05, 3.63) is 67.7 Å². The first-order chi connectivity index (χ1) is 16.8. The van der Waals surface area contributed by atoms with Crippen molar-refractivity contribution in [3.8, 4) is 6.07 Å². The first-order valence-corrected chi connectivity index (χ1v) is 10.9. The lowest BCUT2D eigenvalue weighted by Crippen LogP contribution is -2.43. The molecule has 35 heavy (non-hydrogen) atoms. The maximum Gasteiger partial charge on any atom is 0.333 e. The molecule has 1 aromatic heterocycles. The van der Waals surface area contributed by atoms with E-state index in [1.54, 1.807) is 13.0 Å². The quantitative estimate of drug-likeness (QED) is 0.357. The first-order valence-electron chi connectivity index (χ1n) is 10.9. The number of carbonyl (C=O) groups excluding carboxylic acids is 1. The number of halogens is 1. The van der Waals surface area contributed by atoms with Crippen molar-refractivity contribution in [2.75, 3.05) is 26.4 Å². The summed E-state index contributed by atoms with van der Waals surface area (Å²) in [6, 6.07) is 4.78. The van der Waals surface area contributed by atoms with E-state index in [4.69, 9.17) is 14.7 Å². The summed E-state index contributed by atoms with van der Waals surface area (Å²) in [5.74, 6) is -1.20. The van der Waals surface area contributed by atoms with Gasteiger partial charge in [-0.2, -0.15) is 5.26 Å². The van der Waals surface area contributed by atoms with Crippen molar-refractivity contribution in [1.29, 1.82) is 5.26 Å². The highest BCUT2D eigenvalue weighted by atomic mass is 19.1. The molecule has 1 aliphatic heterocycles. The number of nitrogens with zero attached hydrogens (tertiary/aromatic N) is 4. The number of hydrogen-bond donors (Lipinski definition) is 2. The number of aryl methyl sites for hydroxylation is 1. The van der Waals surface area contributed by atoms with Gasteiger partial charge in [0.25, 0.3) is 11.5 Å². The van der Waals surface area contributed by atoms with Crippen molar-refractivity contribution in [3.63, 3.8) is 0 Å². The Kier molecular flexibility index (Phi) is 8.64. The topological polar surface area (TPSA) is 148 Å². The lowest BCUT2D eigenvalue weighted by molar-refractivity contribution is -0.0277. The summed E-state index contributed by atoms with van der Waals surface area (Å²) < 4.78 is 26.9. The lowest BCUT2D eigenvalue weighted by Gasteiger charge is -2.17. The van der Waals surface area contributed by atoms with Crippen molar-refractivity contribution in [2.45, 2.75) is 38.3 Å². The Morgan fingerprint density at radius 3 is 2.86 bits per heavy atom. The molecule has 0 saturated carbocycles. The maximum absolute atomic E-state index is 13.4. The van der Waals surface area contributed by atoms with Crippen molar-refractivity contribution in [1.82, 2.24) is 14.5 Å². The number of aliphatic hydroxyl groups excluding tert-OH is 1. The fraction of sp³-hybridized carbons (Fsp3) is 0.435. The zero-order chi connectivity index (χ0) is 25.5. The normalized spacial score (nSPS) is 19.3. The number of aromatic nitrogens is 2. The third kappa shape index (κ3) is 5.89. The third-order valence-corrected chi connectivity index (χ3v) is 5.64. The molecule has 11 nitrogen and oxygen atoms in total. The molecule has 2 aromatic rings. The van der Waals surface area contributed by atoms with Gasteiger partial charge in [0.15, 0.2) is 0 Å². The summed E-state index contributed by atoms with van der Waals surface area (Å²) in [7, 11) is 0. The molecule has 1 saturated heterocycles. The number of carbonyl (C=O) groups is 1. The Morgan fingerprint density at radius 1 is 1.43 bits per heavy atom. The van der Waals surface area contributed by atoms with Gasteiger partial charge in [0, 0.05) is 30.3 Å². The largest absolute Gasteiger partial charge is 0.394 e. The zero-order valence-electron chi connectivity index (χ0n) is 19.1. The number of nitrogens with one attached hydrogen (secondary N) is 1. The Morgan fingerprint density at radius 2 is 2.20 bits per heavy atom. The molecule has 2 heterocycles. The number of ether oxygens (including phenoxy) is 2. The number of aliphatic hydroxyl groups is 1. The van der Waals surface area contributed by atoms with E-state index >= 15 is 0 Å². The van der Waals surface area contributed by atoms with Gasteiger partial charge in [-0.05, 0) is 31.8 Å².